The van der Waals surface area contributed by atoms with Crippen LogP contribution in [0.25, 0.3) is 5.69 Å². The summed E-state index contributed by atoms with van der Waals surface area (Å²) in [4.78, 5) is 26.4. The summed E-state index contributed by atoms with van der Waals surface area (Å²) in [7, 11) is 0. The van der Waals surface area contributed by atoms with Gasteiger partial charge in [-0.2, -0.15) is 0 Å². The molecule has 0 radical (unpaired) electrons. The van der Waals surface area contributed by atoms with Crippen LogP contribution in [0.4, 0.5) is 13.6 Å². The molecule has 6 nitrogen and oxygen atoms in total. The van der Waals surface area contributed by atoms with Crippen molar-refractivity contribution in [1.82, 2.24) is 14.8 Å². The number of urea groups is 1. The van der Waals surface area contributed by atoms with Crippen molar-refractivity contribution in [3.8, 4) is 5.69 Å². The third-order valence-electron chi connectivity index (χ3n) is 5.11. The van der Waals surface area contributed by atoms with E-state index in [1.807, 2.05) is 41.1 Å². The van der Waals surface area contributed by atoms with Crippen molar-refractivity contribution in [3.05, 3.63) is 89.2 Å². The number of rotatable bonds is 4. The Hall–Kier alpha value is -3.68. The van der Waals surface area contributed by atoms with Gasteiger partial charge in [0.15, 0.2) is 0 Å². The van der Waals surface area contributed by atoms with E-state index in [1.54, 1.807) is 13.0 Å². The number of hydrogen-bond acceptors (Lipinski definition) is 3. The number of ether oxygens (including phenoxy) is 1. The molecule has 4 rings (SSSR count). The Kier molecular flexibility index (Phi) is 5.70. The molecule has 0 fully saturated rings. The molecule has 3 aromatic rings. The topological polar surface area (TPSA) is 63.6 Å². The average Bonchev–Trinajstić information content (AvgIpc) is 3.15. The average molecular weight is 425 g/mol. The standard InChI is InChI=1S/C23H21F2N3O3/c1-2-31-21(29)13-26-23(30)28-14-15-6-3-4-7-19(15)27-9-5-8-20(27)22(28)16-10-17(24)12-18(25)11-16/h3-12,22H,2,13-14H2,1H3,(H,26,30)/t22-/m1/s1. The van der Waals surface area contributed by atoms with Crippen LogP contribution in [0.2, 0.25) is 0 Å². The smallest absolute Gasteiger partial charge is 0.325 e. The molecule has 0 spiro atoms. The number of esters is 1. The predicted octanol–water partition coefficient (Wildman–Crippen LogP) is 3.93. The lowest BCUT2D eigenvalue weighted by Crippen LogP contribution is -2.44. The molecule has 1 atom stereocenters. The third-order valence-corrected chi connectivity index (χ3v) is 5.11. The SMILES string of the molecule is CCOC(=O)CNC(=O)N1Cc2ccccc2-n2cccc2[C@H]1c1cc(F)cc(F)c1. The van der Waals surface area contributed by atoms with Gasteiger partial charge in [-0.05, 0) is 48.4 Å². The number of nitrogens with one attached hydrogen (secondary N) is 1. The summed E-state index contributed by atoms with van der Waals surface area (Å²) >= 11 is 0. The van der Waals surface area contributed by atoms with Crippen LogP contribution >= 0.6 is 0 Å². The summed E-state index contributed by atoms with van der Waals surface area (Å²) in [5.74, 6) is -2.04. The molecule has 0 unspecified atom stereocenters. The zero-order valence-electron chi connectivity index (χ0n) is 16.8. The number of nitrogens with zero attached hydrogens (tertiary/aromatic N) is 2. The van der Waals surface area contributed by atoms with Crippen LogP contribution in [-0.2, 0) is 16.1 Å². The first-order valence-corrected chi connectivity index (χ1v) is 9.89. The lowest BCUT2D eigenvalue weighted by Gasteiger charge is -2.31. The van der Waals surface area contributed by atoms with E-state index in [4.69, 9.17) is 4.74 Å². The summed E-state index contributed by atoms with van der Waals surface area (Å²) in [6, 6.07) is 13.1. The van der Waals surface area contributed by atoms with Crippen molar-refractivity contribution in [3.63, 3.8) is 0 Å². The molecule has 0 saturated heterocycles. The molecule has 1 N–H and O–H groups in total. The second-order valence-corrected chi connectivity index (χ2v) is 7.13. The molecular weight excluding hydrogens is 404 g/mol. The third kappa shape index (κ3) is 4.14. The number of aromatic nitrogens is 1. The number of amides is 2. The molecule has 1 aliphatic rings. The van der Waals surface area contributed by atoms with Crippen LogP contribution in [0.5, 0.6) is 0 Å². The Bertz CT molecular complexity index is 1110. The molecule has 31 heavy (non-hydrogen) atoms. The summed E-state index contributed by atoms with van der Waals surface area (Å²) in [5, 5.41) is 2.56. The summed E-state index contributed by atoms with van der Waals surface area (Å²) in [6.07, 6.45) is 1.84. The summed E-state index contributed by atoms with van der Waals surface area (Å²) in [6.45, 7) is 1.74. The molecule has 2 heterocycles. The van der Waals surface area contributed by atoms with Crippen LogP contribution in [0, 0.1) is 11.6 Å². The minimum Gasteiger partial charge on any atom is -0.465 e. The molecular formula is C23H21F2N3O3. The highest BCUT2D eigenvalue weighted by molar-refractivity contribution is 5.81. The molecule has 160 valence electrons. The van der Waals surface area contributed by atoms with Crippen LogP contribution in [-0.4, -0.2) is 34.6 Å². The molecule has 2 aromatic carbocycles. The van der Waals surface area contributed by atoms with Gasteiger partial charge in [-0.15, -0.1) is 0 Å². The first kappa shape index (κ1) is 20.6. The minimum absolute atomic E-state index is 0.176. The van der Waals surface area contributed by atoms with Crippen molar-refractivity contribution >= 4 is 12.0 Å². The Labute approximate surface area is 178 Å². The lowest BCUT2D eigenvalue weighted by molar-refractivity contribution is -0.141. The number of para-hydroxylation sites is 1. The van der Waals surface area contributed by atoms with Gasteiger partial charge < -0.3 is 19.5 Å². The predicted molar refractivity (Wildman–Crippen MR) is 110 cm³/mol. The van der Waals surface area contributed by atoms with E-state index in [0.29, 0.717) is 5.69 Å². The van der Waals surface area contributed by atoms with Gasteiger partial charge in [0.25, 0.3) is 0 Å². The van der Waals surface area contributed by atoms with Gasteiger partial charge in [-0.1, -0.05) is 18.2 Å². The molecule has 0 saturated carbocycles. The maximum atomic E-state index is 14.1. The molecule has 0 bridgehead atoms. The van der Waals surface area contributed by atoms with Gasteiger partial charge in [0.2, 0.25) is 0 Å². The number of carbonyl (C=O) groups is 2. The number of fused-ring (bicyclic) bond motifs is 3. The molecule has 0 aliphatic carbocycles. The Morgan fingerprint density at radius 3 is 2.58 bits per heavy atom. The summed E-state index contributed by atoms with van der Waals surface area (Å²) in [5.41, 5.74) is 2.67. The monoisotopic (exact) mass is 425 g/mol. The highest BCUT2D eigenvalue weighted by Crippen LogP contribution is 2.37. The van der Waals surface area contributed by atoms with Gasteiger partial charge in [-0.3, -0.25) is 4.79 Å². The van der Waals surface area contributed by atoms with E-state index >= 15 is 0 Å². The second kappa shape index (κ2) is 8.59. The van der Waals surface area contributed by atoms with Crippen molar-refractivity contribution < 1.29 is 23.1 Å². The molecule has 2 amide bonds. The Morgan fingerprint density at radius 2 is 1.84 bits per heavy atom. The van der Waals surface area contributed by atoms with E-state index in [9.17, 15) is 18.4 Å². The normalized spacial score (nSPS) is 14.9. The van der Waals surface area contributed by atoms with E-state index in [1.165, 1.54) is 17.0 Å². The van der Waals surface area contributed by atoms with Gasteiger partial charge >= 0.3 is 12.0 Å². The van der Waals surface area contributed by atoms with Gasteiger partial charge in [0.1, 0.15) is 18.2 Å². The maximum Gasteiger partial charge on any atom is 0.325 e. The number of hydrogen-bond donors (Lipinski definition) is 1. The number of benzene rings is 2. The second-order valence-electron chi connectivity index (χ2n) is 7.13. The van der Waals surface area contributed by atoms with Crippen LogP contribution in [0.15, 0.2) is 60.8 Å². The van der Waals surface area contributed by atoms with Crippen LogP contribution in [0.3, 0.4) is 0 Å². The fourth-order valence-electron chi connectivity index (χ4n) is 3.88. The van der Waals surface area contributed by atoms with Crippen molar-refractivity contribution in [1.29, 1.82) is 0 Å². The first-order valence-electron chi connectivity index (χ1n) is 9.89. The highest BCUT2D eigenvalue weighted by atomic mass is 19.1. The highest BCUT2D eigenvalue weighted by Gasteiger charge is 2.33. The van der Waals surface area contributed by atoms with Gasteiger partial charge in [-0.25, -0.2) is 13.6 Å². The lowest BCUT2D eigenvalue weighted by atomic mass is 10.0. The molecule has 1 aliphatic heterocycles. The zero-order valence-corrected chi connectivity index (χ0v) is 16.8. The van der Waals surface area contributed by atoms with Crippen molar-refractivity contribution in [2.45, 2.75) is 19.5 Å². The van der Waals surface area contributed by atoms with E-state index in [2.05, 4.69) is 5.32 Å². The number of halogens is 2. The van der Waals surface area contributed by atoms with E-state index < -0.39 is 29.7 Å². The molecule has 1 aromatic heterocycles. The Balaban J connectivity index is 1.80. The minimum atomic E-state index is -0.783. The molecule has 8 heteroatoms. The maximum absolute atomic E-state index is 14.1. The van der Waals surface area contributed by atoms with Crippen LogP contribution in [0.1, 0.15) is 29.8 Å². The van der Waals surface area contributed by atoms with Gasteiger partial charge in [0.05, 0.1) is 24.9 Å². The zero-order chi connectivity index (χ0) is 22.0. The fraction of sp³-hybridized carbons (Fsp3) is 0.217. The number of carbonyl (C=O) groups excluding carboxylic acids is 2. The Morgan fingerprint density at radius 1 is 1.10 bits per heavy atom. The van der Waals surface area contributed by atoms with Gasteiger partial charge in [0, 0.05) is 18.0 Å². The first-order chi connectivity index (χ1) is 15.0. The summed E-state index contributed by atoms with van der Waals surface area (Å²) < 4.78 is 35.0. The van der Waals surface area contributed by atoms with Crippen molar-refractivity contribution in [2.75, 3.05) is 13.2 Å². The van der Waals surface area contributed by atoms with E-state index in [0.717, 1.165) is 17.3 Å². The van der Waals surface area contributed by atoms with Crippen LogP contribution < -0.4 is 5.32 Å². The quantitative estimate of drug-likeness (QED) is 0.645. The van der Waals surface area contributed by atoms with Crippen molar-refractivity contribution in [2.24, 2.45) is 0 Å². The largest absolute Gasteiger partial charge is 0.465 e. The van der Waals surface area contributed by atoms with E-state index in [-0.39, 0.29) is 25.3 Å². The fourth-order valence-corrected chi connectivity index (χ4v) is 3.88.